The van der Waals surface area contributed by atoms with E-state index in [4.69, 9.17) is 0 Å². The standard InChI is InChI=1S/C17H15N5O4S/c1-10(19-17-20-13-4-2-3-5-15(13)27-17)16(24)21-18-9-11-8-12(22(25)26)6-7-14(11)23/h2-10,23H,1H3,(H,19,20)(H,21,24)/b18-9-/t10-/m1/s1. The highest BCUT2D eigenvalue weighted by molar-refractivity contribution is 7.22. The Kier molecular flexibility index (Phi) is 5.27. The molecule has 1 atom stereocenters. The number of hydrazone groups is 1. The molecular formula is C17H15N5O4S. The second kappa shape index (κ2) is 7.79. The van der Waals surface area contributed by atoms with E-state index in [0.717, 1.165) is 22.5 Å². The van der Waals surface area contributed by atoms with Crippen LogP contribution in [0.3, 0.4) is 0 Å². The van der Waals surface area contributed by atoms with E-state index in [1.54, 1.807) is 6.92 Å². The fourth-order valence-electron chi connectivity index (χ4n) is 2.21. The molecule has 27 heavy (non-hydrogen) atoms. The molecule has 0 spiro atoms. The van der Waals surface area contributed by atoms with Crippen LogP contribution in [0.25, 0.3) is 10.2 Å². The predicted molar refractivity (Wildman–Crippen MR) is 103 cm³/mol. The lowest BCUT2D eigenvalue weighted by molar-refractivity contribution is -0.384. The van der Waals surface area contributed by atoms with Crippen LogP contribution in [-0.4, -0.2) is 33.2 Å². The van der Waals surface area contributed by atoms with Crippen molar-refractivity contribution < 1.29 is 14.8 Å². The number of phenols is 1. The van der Waals surface area contributed by atoms with E-state index in [9.17, 15) is 20.0 Å². The number of phenolic OH excluding ortho intramolecular Hbond substituents is 1. The van der Waals surface area contributed by atoms with E-state index in [1.807, 2.05) is 24.3 Å². The van der Waals surface area contributed by atoms with Crippen LogP contribution in [-0.2, 0) is 4.79 Å². The number of nitrogens with zero attached hydrogens (tertiary/aromatic N) is 3. The first kappa shape index (κ1) is 18.3. The number of carbonyl (C=O) groups excluding carboxylic acids is 1. The maximum Gasteiger partial charge on any atom is 0.270 e. The number of anilines is 1. The number of nitrogens with one attached hydrogen (secondary N) is 2. The van der Waals surface area contributed by atoms with Crippen LogP contribution in [0.15, 0.2) is 47.6 Å². The molecule has 2 aromatic carbocycles. The average molecular weight is 385 g/mol. The van der Waals surface area contributed by atoms with Gasteiger partial charge in [0.1, 0.15) is 11.8 Å². The Labute approximate surface area is 157 Å². The first-order valence-corrected chi connectivity index (χ1v) is 8.68. The number of nitro groups is 1. The minimum Gasteiger partial charge on any atom is -0.507 e. The van der Waals surface area contributed by atoms with E-state index < -0.39 is 16.9 Å². The molecule has 1 heterocycles. The zero-order chi connectivity index (χ0) is 19.4. The molecule has 3 N–H and O–H groups in total. The van der Waals surface area contributed by atoms with Crippen molar-refractivity contribution in [3.05, 3.63) is 58.1 Å². The third kappa shape index (κ3) is 4.36. The number of thiazole rings is 1. The van der Waals surface area contributed by atoms with Crippen molar-refractivity contribution in [2.45, 2.75) is 13.0 Å². The molecule has 3 aromatic rings. The Morgan fingerprint density at radius 1 is 1.37 bits per heavy atom. The highest BCUT2D eigenvalue weighted by atomic mass is 32.1. The lowest BCUT2D eigenvalue weighted by atomic mass is 10.2. The van der Waals surface area contributed by atoms with Gasteiger partial charge in [0.15, 0.2) is 5.13 Å². The Hall–Kier alpha value is -3.53. The van der Waals surface area contributed by atoms with E-state index in [1.165, 1.54) is 23.5 Å². The second-order valence-electron chi connectivity index (χ2n) is 5.59. The Balaban J connectivity index is 1.62. The normalized spacial score (nSPS) is 12.2. The molecule has 0 bridgehead atoms. The number of para-hydroxylation sites is 1. The summed E-state index contributed by atoms with van der Waals surface area (Å²) in [4.78, 5) is 26.7. The van der Waals surface area contributed by atoms with Gasteiger partial charge in [-0.1, -0.05) is 23.5 Å². The number of nitro benzene ring substituents is 1. The zero-order valence-electron chi connectivity index (χ0n) is 14.1. The van der Waals surface area contributed by atoms with Crippen LogP contribution in [0.5, 0.6) is 5.75 Å². The topological polar surface area (TPSA) is 130 Å². The summed E-state index contributed by atoms with van der Waals surface area (Å²) in [7, 11) is 0. The number of rotatable bonds is 6. The minimum atomic E-state index is -0.610. The highest BCUT2D eigenvalue weighted by Crippen LogP contribution is 2.25. The molecule has 0 saturated carbocycles. The van der Waals surface area contributed by atoms with Gasteiger partial charge in [0, 0.05) is 17.7 Å². The van der Waals surface area contributed by atoms with E-state index >= 15 is 0 Å². The molecule has 9 nitrogen and oxygen atoms in total. The molecule has 1 amide bonds. The highest BCUT2D eigenvalue weighted by Gasteiger charge is 2.14. The van der Waals surface area contributed by atoms with Gasteiger partial charge < -0.3 is 10.4 Å². The maximum absolute atomic E-state index is 12.1. The molecular weight excluding hydrogens is 370 g/mol. The molecule has 138 valence electrons. The number of hydrogen-bond donors (Lipinski definition) is 3. The van der Waals surface area contributed by atoms with Crippen molar-refractivity contribution in [2.24, 2.45) is 5.10 Å². The number of benzene rings is 2. The minimum absolute atomic E-state index is 0.122. The first-order valence-electron chi connectivity index (χ1n) is 7.86. The predicted octanol–water partition coefficient (Wildman–Crippen LogP) is 2.86. The molecule has 1 aromatic heterocycles. The smallest absolute Gasteiger partial charge is 0.270 e. The molecule has 0 unspecified atom stereocenters. The number of aromatic hydroxyl groups is 1. The summed E-state index contributed by atoms with van der Waals surface area (Å²) < 4.78 is 1.01. The molecule has 0 aliphatic heterocycles. The lowest BCUT2D eigenvalue weighted by Gasteiger charge is -2.10. The molecule has 0 fully saturated rings. The summed E-state index contributed by atoms with van der Waals surface area (Å²) in [5, 5.41) is 27.8. The first-order chi connectivity index (χ1) is 12.9. The van der Waals surface area contributed by atoms with Crippen LogP contribution in [0.4, 0.5) is 10.8 Å². The summed E-state index contributed by atoms with van der Waals surface area (Å²) in [6, 6.07) is 10.6. The fraction of sp³-hybridized carbons (Fsp3) is 0.118. The summed E-state index contributed by atoms with van der Waals surface area (Å²) in [5.41, 5.74) is 3.10. The van der Waals surface area contributed by atoms with Gasteiger partial charge in [-0.25, -0.2) is 10.4 Å². The summed E-state index contributed by atoms with van der Waals surface area (Å²) in [6.45, 7) is 1.65. The third-order valence-corrected chi connectivity index (χ3v) is 4.60. The zero-order valence-corrected chi connectivity index (χ0v) is 14.9. The summed E-state index contributed by atoms with van der Waals surface area (Å²) in [5.74, 6) is -0.602. The second-order valence-corrected chi connectivity index (χ2v) is 6.62. The molecule has 10 heteroatoms. The monoisotopic (exact) mass is 385 g/mol. The molecule has 0 radical (unpaired) electrons. The van der Waals surface area contributed by atoms with Gasteiger partial charge >= 0.3 is 0 Å². The van der Waals surface area contributed by atoms with Gasteiger partial charge in [-0.15, -0.1) is 0 Å². The van der Waals surface area contributed by atoms with Gasteiger partial charge in [-0.05, 0) is 25.1 Å². The van der Waals surface area contributed by atoms with Crippen molar-refractivity contribution in [1.82, 2.24) is 10.4 Å². The third-order valence-electron chi connectivity index (χ3n) is 3.63. The quantitative estimate of drug-likeness (QED) is 0.340. The van der Waals surface area contributed by atoms with Crippen LogP contribution in [0.1, 0.15) is 12.5 Å². The van der Waals surface area contributed by atoms with E-state index in [2.05, 4.69) is 20.8 Å². The Morgan fingerprint density at radius 3 is 2.89 bits per heavy atom. The number of fused-ring (bicyclic) bond motifs is 1. The number of non-ortho nitro benzene ring substituents is 1. The van der Waals surface area contributed by atoms with Gasteiger partial charge in [-0.3, -0.25) is 14.9 Å². The van der Waals surface area contributed by atoms with Crippen LogP contribution in [0, 0.1) is 10.1 Å². The number of aromatic nitrogens is 1. The Morgan fingerprint density at radius 2 is 2.15 bits per heavy atom. The Bertz CT molecular complexity index is 1000. The van der Waals surface area contributed by atoms with Gasteiger partial charge in [0.2, 0.25) is 0 Å². The van der Waals surface area contributed by atoms with Crippen molar-refractivity contribution in [2.75, 3.05) is 5.32 Å². The molecule has 0 aliphatic rings. The maximum atomic E-state index is 12.1. The van der Waals surface area contributed by atoms with Crippen molar-refractivity contribution >= 4 is 44.5 Å². The van der Waals surface area contributed by atoms with Crippen LogP contribution < -0.4 is 10.7 Å². The van der Waals surface area contributed by atoms with Gasteiger partial charge in [-0.2, -0.15) is 5.10 Å². The molecule has 3 rings (SSSR count). The largest absolute Gasteiger partial charge is 0.507 e. The van der Waals surface area contributed by atoms with Crippen molar-refractivity contribution in [1.29, 1.82) is 0 Å². The lowest BCUT2D eigenvalue weighted by Crippen LogP contribution is -2.34. The number of carbonyl (C=O) groups is 1. The fourth-order valence-corrected chi connectivity index (χ4v) is 3.16. The van der Waals surface area contributed by atoms with Gasteiger partial charge in [0.25, 0.3) is 11.6 Å². The average Bonchev–Trinajstić information content (AvgIpc) is 3.05. The number of hydrogen-bond acceptors (Lipinski definition) is 8. The molecule has 0 aliphatic carbocycles. The van der Waals surface area contributed by atoms with Crippen LogP contribution >= 0.6 is 11.3 Å². The van der Waals surface area contributed by atoms with Crippen LogP contribution in [0.2, 0.25) is 0 Å². The summed E-state index contributed by atoms with van der Waals surface area (Å²) >= 11 is 1.43. The van der Waals surface area contributed by atoms with Gasteiger partial charge in [0.05, 0.1) is 21.4 Å². The SMILES string of the molecule is C[C@@H](Nc1nc2ccccc2s1)C(=O)N/N=C\c1cc([N+](=O)[O-])ccc1O. The molecule has 0 saturated heterocycles. The summed E-state index contributed by atoms with van der Waals surface area (Å²) in [6.07, 6.45) is 1.14. The van der Waals surface area contributed by atoms with Crippen molar-refractivity contribution in [3.63, 3.8) is 0 Å². The van der Waals surface area contributed by atoms with E-state index in [0.29, 0.717) is 5.13 Å². The van der Waals surface area contributed by atoms with Crippen molar-refractivity contribution in [3.8, 4) is 5.75 Å². The van der Waals surface area contributed by atoms with E-state index in [-0.39, 0.29) is 17.0 Å². The number of amides is 1.